The van der Waals surface area contributed by atoms with Crippen molar-refractivity contribution in [1.82, 2.24) is 13.9 Å². The predicted molar refractivity (Wildman–Crippen MR) is 128 cm³/mol. The van der Waals surface area contributed by atoms with Crippen LogP contribution in [0.1, 0.15) is 19.4 Å². The molecule has 0 aliphatic rings. The number of aryl methyl sites for hydroxylation is 1. The topological polar surface area (TPSA) is 76.9 Å². The van der Waals surface area contributed by atoms with E-state index in [1.807, 2.05) is 61.5 Å². The summed E-state index contributed by atoms with van der Waals surface area (Å²) in [5.74, 6) is 0.0177. The Kier molecular flexibility index (Phi) is 6.48. The summed E-state index contributed by atoms with van der Waals surface area (Å²) >= 11 is 2.43. The summed E-state index contributed by atoms with van der Waals surface area (Å²) in [6.45, 7) is 4.46. The van der Waals surface area contributed by atoms with Gasteiger partial charge in [-0.1, -0.05) is 61.2 Å². The van der Waals surface area contributed by atoms with Gasteiger partial charge in [-0.2, -0.15) is 4.37 Å². The standard InChI is InChI=1S/C23H22N4O2S2/c1-3-15-10-12-17(13-11-15)24-18(28)14-30-23-25-20-19(16-8-6-5-7-9-16)26-31-21(20)22(29)27(23)4-2/h5-13H,3-4,14H2,1-2H3,(H,24,28). The molecule has 0 saturated heterocycles. The molecule has 0 bridgehead atoms. The van der Waals surface area contributed by atoms with E-state index in [0.29, 0.717) is 27.6 Å². The van der Waals surface area contributed by atoms with Crippen molar-refractivity contribution < 1.29 is 4.79 Å². The van der Waals surface area contributed by atoms with Gasteiger partial charge in [0.05, 0.1) is 5.75 Å². The van der Waals surface area contributed by atoms with Crippen molar-refractivity contribution in [2.45, 2.75) is 32.0 Å². The Labute approximate surface area is 188 Å². The third-order valence-electron chi connectivity index (χ3n) is 4.89. The smallest absolute Gasteiger partial charge is 0.273 e. The summed E-state index contributed by atoms with van der Waals surface area (Å²) in [5.41, 5.74) is 4.06. The highest BCUT2D eigenvalue weighted by molar-refractivity contribution is 7.99. The quantitative estimate of drug-likeness (QED) is 0.322. The molecule has 0 radical (unpaired) electrons. The molecular formula is C23H22N4O2S2. The molecule has 4 aromatic rings. The fourth-order valence-corrected chi connectivity index (χ4v) is 4.87. The summed E-state index contributed by atoms with van der Waals surface area (Å²) in [7, 11) is 0. The molecule has 2 heterocycles. The van der Waals surface area contributed by atoms with Crippen LogP contribution in [0.25, 0.3) is 21.5 Å². The molecular weight excluding hydrogens is 428 g/mol. The second-order valence-corrected chi connectivity index (χ2v) is 8.62. The second kappa shape index (κ2) is 9.45. The lowest BCUT2D eigenvalue weighted by Crippen LogP contribution is -2.22. The van der Waals surface area contributed by atoms with Crippen LogP contribution in [0.15, 0.2) is 64.5 Å². The van der Waals surface area contributed by atoms with E-state index >= 15 is 0 Å². The van der Waals surface area contributed by atoms with Gasteiger partial charge in [0.1, 0.15) is 15.9 Å². The van der Waals surface area contributed by atoms with E-state index < -0.39 is 0 Å². The average molecular weight is 451 g/mol. The Bertz CT molecular complexity index is 1260. The molecule has 0 aliphatic carbocycles. The van der Waals surface area contributed by atoms with Crippen molar-refractivity contribution in [3.05, 3.63) is 70.5 Å². The van der Waals surface area contributed by atoms with Gasteiger partial charge in [0.2, 0.25) is 5.91 Å². The molecule has 0 saturated carbocycles. The number of benzene rings is 2. The molecule has 2 aromatic heterocycles. The number of thioether (sulfide) groups is 1. The van der Waals surface area contributed by atoms with Crippen molar-refractivity contribution in [3.63, 3.8) is 0 Å². The number of nitrogens with zero attached hydrogens (tertiary/aromatic N) is 3. The Morgan fingerprint density at radius 3 is 2.52 bits per heavy atom. The SMILES string of the molecule is CCc1ccc(NC(=O)CSc2nc3c(-c4ccccc4)nsc3c(=O)n2CC)cc1. The molecule has 158 valence electrons. The van der Waals surface area contributed by atoms with Crippen LogP contribution in [0.2, 0.25) is 0 Å². The van der Waals surface area contributed by atoms with Crippen molar-refractivity contribution in [2.75, 3.05) is 11.1 Å². The molecule has 6 nitrogen and oxygen atoms in total. The van der Waals surface area contributed by atoms with Gasteiger partial charge in [-0.05, 0) is 42.6 Å². The van der Waals surface area contributed by atoms with Gasteiger partial charge in [0.15, 0.2) is 5.16 Å². The minimum Gasteiger partial charge on any atom is -0.325 e. The summed E-state index contributed by atoms with van der Waals surface area (Å²) < 4.78 is 6.62. The van der Waals surface area contributed by atoms with Crippen molar-refractivity contribution in [3.8, 4) is 11.3 Å². The van der Waals surface area contributed by atoms with Crippen molar-refractivity contribution in [1.29, 1.82) is 0 Å². The number of amides is 1. The van der Waals surface area contributed by atoms with Gasteiger partial charge in [0.25, 0.3) is 5.56 Å². The number of carbonyl (C=O) groups is 1. The van der Waals surface area contributed by atoms with Gasteiger partial charge in [-0.3, -0.25) is 14.2 Å². The molecule has 0 fully saturated rings. The minimum atomic E-state index is -0.141. The first-order chi connectivity index (χ1) is 15.1. The van der Waals surface area contributed by atoms with Gasteiger partial charge < -0.3 is 5.32 Å². The van der Waals surface area contributed by atoms with E-state index in [1.165, 1.54) is 28.9 Å². The zero-order valence-corrected chi connectivity index (χ0v) is 18.9. The maximum absolute atomic E-state index is 13.0. The highest BCUT2D eigenvalue weighted by Crippen LogP contribution is 2.29. The van der Waals surface area contributed by atoms with Crippen LogP contribution in [0.5, 0.6) is 0 Å². The van der Waals surface area contributed by atoms with Crippen LogP contribution in [0.4, 0.5) is 5.69 Å². The Morgan fingerprint density at radius 1 is 1.10 bits per heavy atom. The van der Waals surface area contributed by atoms with Crippen molar-refractivity contribution >= 4 is 45.1 Å². The third kappa shape index (κ3) is 4.55. The molecule has 0 unspecified atom stereocenters. The molecule has 2 aromatic carbocycles. The largest absolute Gasteiger partial charge is 0.325 e. The average Bonchev–Trinajstić information content (AvgIpc) is 3.23. The van der Waals surface area contributed by atoms with Crippen LogP contribution >= 0.6 is 23.3 Å². The van der Waals surface area contributed by atoms with E-state index in [0.717, 1.165) is 17.7 Å². The Hall–Kier alpha value is -2.97. The molecule has 8 heteroatoms. The lowest BCUT2D eigenvalue weighted by atomic mass is 10.1. The van der Waals surface area contributed by atoms with E-state index in [4.69, 9.17) is 4.98 Å². The van der Waals surface area contributed by atoms with Crippen molar-refractivity contribution in [2.24, 2.45) is 0 Å². The van der Waals surface area contributed by atoms with Gasteiger partial charge in [0, 0.05) is 17.8 Å². The van der Waals surface area contributed by atoms with Gasteiger partial charge in [-0.25, -0.2) is 4.98 Å². The van der Waals surface area contributed by atoms with Crippen LogP contribution < -0.4 is 10.9 Å². The molecule has 31 heavy (non-hydrogen) atoms. The fourth-order valence-electron chi connectivity index (χ4n) is 3.22. The molecule has 1 N–H and O–H groups in total. The van der Waals surface area contributed by atoms with Crippen LogP contribution in [-0.4, -0.2) is 25.6 Å². The summed E-state index contributed by atoms with van der Waals surface area (Å²) in [4.78, 5) is 30.2. The lowest BCUT2D eigenvalue weighted by molar-refractivity contribution is -0.113. The molecule has 4 rings (SSSR count). The lowest BCUT2D eigenvalue weighted by Gasteiger charge is -2.10. The fraction of sp³-hybridized carbons (Fsp3) is 0.217. The molecule has 1 amide bonds. The van der Waals surface area contributed by atoms with E-state index in [2.05, 4.69) is 16.6 Å². The van der Waals surface area contributed by atoms with Gasteiger partial charge in [-0.15, -0.1) is 0 Å². The van der Waals surface area contributed by atoms with Crippen LogP contribution in [0.3, 0.4) is 0 Å². The highest BCUT2D eigenvalue weighted by atomic mass is 32.2. The Balaban J connectivity index is 1.58. The normalized spacial score (nSPS) is 11.0. The number of nitrogens with one attached hydrogen (secondary N) is 1. The zero-order valence-electron chi connectivity index (χ0n) is 17.3. The second-order valence-electron chi connectivity index (χ2n) is 6.91. The first-order valence-electron chi connectivity index (χ1n) is 10.1. The number of anilines is 1. The summed E-state index contributed by atoms with van der Waals surface area (Å²) in [6.07, 6.45) is 0.954. The first-order valence-corrected chi connectivity index (χ1v) is 11.8. The number of carbonyl (C=O) groups excluding carboxylic acids is 1. The number of hydrogen-bond donors (Lipinski definition) is 1. The molecule has 0 aliphatic heterocycles. The minimum absolute atomic E-state index is 0.120. The molecule has 0 atom stereocenters. The number of fused-ring (bicyclic) bond motifs is 1. The van der Waals surface area contributed by atoms with E-state index in [-0.39, 0.29) is 17.2 Å². The van der Waals surface area contributed by atoms with E-state index in [9.17, 15) is 9.59 Å². The summed E-state index contributed by atoms with van der Waals surface area (Å²) in [5, 5.41) is 3.42. The highest BCUT2D eigenvalue weighted by Gasteiger charge is 2.18. The summed E-state index contributed by atoms with van der Waals surface area (Å²) in [6, 6.07) is 17.5. The third-order valence-corrected chi connectivity index (χ3v) is 6.69. The molecule has 0 spiro atoms. The number of hydrogen-bond acceptors (Lipinski definition) is 6. The predicted octanol–water partition coefficient (Wildman–Crippen LogP) is 4.83. The first kappa shape index (κ1) is 21.3. The van der Waals surface area contributed by atoms with E-state index in [1.54, 1.807) is 4.57 Å². The zero-order chi connectivity index (χ0) is 21.8. The number of rotatable bonds is 7. The van der Waals surface area contributed by atoms with Gasteiger partial charge >= 0.3 is 0 Å². The van der Waals surface area contributed by atoms with Crippen LogP contribution in [0, 0.1) is 0 Å². The number of aromatic nitrogens is 3. The van der Waals surface area contributed by atoms with Crippen LogP contribution in [-0.2, 0) is 17.8 Å². The maximum Gasteiger partial charge on any atom is 0.273 e. The Morgan fingerprint density at radius 2 is 1.84 bits per heavy atom. The monoisotopic (exact) mass is 450 g/mol. The maximum atomic E-state index is 13.0.